The lowest BCUT2D eigenvalue weighted by Gasteiger charge is -2.70. The van der Waals surface area contributed by atoms with E-state index in [0.717, 1.165) is 38.5 Å². The smallest absolute Gasteiger partial charge is 0.308 e. The molecule has 4 nitrogen and oxygen atoms in total. The van der Waals surface area contributed by atoms with Gasteiger partial charge in [-0.2, -0.15) is 0 Å². The second kappa shape index (κ2) is 5.58. The molecule has 0 aromatic carbocycles. The summed E-state index contributed by atoms with van der Waals surface area (Å²) in [4.78, 5) is 26.1. The second-order valence-corrected chi connectivity index (χ2v) is 10.8. The van der Waals surface area contributed by atoms with Gasteiger partial charge in [-0.3, -0.25) is 9.59 Å². The van der Waals surface area contributed by atoms with Crippen LogP contribution in [0.2, 0.25) is 0 Å². The van der Waals surface area contributed by atoms with Crippen molar-refractivity contribution in [2.45, 2.75) is 83.8 Å². The predicted molar refractivity (Wildman–Crippen MR) is 101 cm³/mol. The van der Waals surface area contributed by atoms with E-state index in [9.17, 15) is 9.59 Å². The summed E-state index contributed by atoms with van der Waals surface area (Å²) in [6.07, 6.45) is 8.82. The zero-order chi connectivity index (χ0) is 19.2. The first kappa shape index (κ1) is 18.1. The molecule has 150 valence electrons. The van der Waals surface area contributed by atoms with Gasteiger partial charge in [0.15, 0.2) is 5.78 Å². The van der Waals surface area contributed by atoms with Crippen LogP contribution in [0.3, 0.4) is 0 Å². The monoisotopic (exact) mass is 374 g/mol. The highest BCUT2D eigenvalue weighted by Gasteiger charge is 2.74. The lowest BCUT2D eigenvalue weighted by atomic mass is 9.40. The SMILES string of the molecule is COC(=O)[C@H](C)[C@@H]1CC[C@H]2[C@@H]3CC[C@H]4C[C@H]5CC[C@]4(C)[C@@]3(O5)C(=O)C[C@]12C. The standard InChI is InChI=1S/C23H34O4/c1-13(20(25)26-4)16-7-8-17-18-6-5-14-11-15-9-10-22(14,3)23(18,27-15)19(24)12-21(16,17)2/h13-18H,5-12H2,1-4H3/t13-,14+,15-,16+,17+,18+,21-,22+,23+/m1/s1. The Labute approximate surface area is 162 Å². The number of methoxy groups -OCH3 is 1. The largest absolute Gasteiger partial charge is 0.469 e. The molecule has 4 aliphatic carbocycles. The molecule has 0 radical (unpaired) electrons. The van der Waals surface area contributed by atoms with E-state index >= 15 is 0 Å². The summed E-state index contributed by atoms with van der Waals surface area (Å²) in [5.74, 6) is 1.81. The van der Waals surface area contributed by atoms with Crippen LogP contribution in [-0.4, -0.2) is 30.6 Å². The van der Waals surface area contributed by atoms with E-state index in [2.05, 4.69) is 13.8 Å². The first-order chi connectivity index (χ1) is 12.8. The van der Waals surface area contributed by atoms with Gasteiger partial charge in [-0.05, 0) is 74.0 Å². The van der Waals surface area contributed by atoms with Crippen LogP contribution < -0.4 is 0 Å². The van der Waals surface area contributed by atoms with E-state index in [1.165, 1.54) is 13.5 Å². The normalized spacial score (nSPS) is 54.2. The number of hydrogen-bond donors (Lipinski definition) is 0. The van der Waals surface area contributed by atoms with Gasteiger partial charge in [-0.15, -0.1) is 0 Å². The molecule has 4 bridgehead atoms. The summed E-state index contributed by atoms with van der Waals surface area (Å²) in [6.45, 7) is 6.65. The average Bonchev–Trinajstić information content (AvgIpc) is 2.96. The molecular weight excluding hydrogens is 340 g/mol. The molecule has 2 aliphatic heterocycles. The lowest BCUT2D eigenvalue weighted by molar-refractivity contribution is -0.307. The summed E-state index contributed by atoms with van der Waals surface area (Å²) in [5, 5.41) is 0. The summed E-state index contributed by atoms with van der Waals surface area (Å²) >= 11 is 0. The maximum Gasteiger partial charge on any atom is 0.308 e. The Bertz CT molecular complexity index is 688. The number of esters is 1. The van der Waals surface area contributed by atoms with Gasteiger partial charge in [0.25, 0.3) is 0 Å². The highest BCUT2D eigenvalue weighted by atomic mass is 16.5. The van der Waals surface area contributed by atoms with Crippen molar-refractivity contribution in [1.29, 1.82) is 0 Å². The van der Waals surface area contributed by atoms with Gasteiger partial charge in [-0.1, -0.05) is 20.8 Å². The summed E-state index contributed by atoms with van der Waals surface area (Å²) in [7, 11) is 1.48. The predicted octanol–water partition coefficient (Wildman–Crippen LogP) is 4.15. The van der Waals surface area contributed by atoms with Crippen molar-refractivity contribution in [2.75, 3.05) is 7.11 Å². The van der Waals surface area contributed by atoms with E-state index in [4.69, 9.17) is 9.47 Å². The summed E-state index contributed by atoms with van der Waals surface area (Å²) < 4.78 is 11.8. The van der Waals surface area contributed by atoms with Gasteiger partial charge in [0, 0.05) is 11.8 Å². The molecule has 0 aromatic rings. The van der Waals surface area contributed by atoms with Crippen LogP contribution in [0, 0.1) is 40.4 Å². The number of carbonyl (C=O) groups excluding carboxylic acids is 2. The quantitative estimate of drug-likeness (QED) is 0.681. The Morgan fingerprint density at radius 1 is 1.15 bits per heavy atom. The number of rotatable bonds is 2. The van der Waals surface area contributed by atoms with Crippen LogP contribution in [-0.2, 0) is 19.1 Å². The van der Waals surface area contributed by atoms with Crippen LogP contribution in [0.4, 0.5) is 0 Å². The Balaban J connectivity index is 1.55. The van der Waals surface area contributed by atoms with Crippen LogP contribution in [0.25, 0.3) is 0 Å². The van der Waals surface area contributed by atoms with E-state index in [-0.39, 0.29) is 28.6 Å². The maximum atomic E-state index is 13.9. The van der Waals surface area contributed by atoms with Crippen molar-refractivity contribution < 1.29 is 19.1 Å². The molecule has 4 saturated carbocycles. The van der Waals surface area contributed by atoms with E-state index in [0.29, 0.717) is 36.1 Å². The van der Waals surface area contributed by atoms with E-state index < -0.39 is 5.60 Å². The van der Waals surface area contributed by atoms with Crippen LogP contribution in [0.5, 0.6) is 0 Å². The third kappa shape index (κ3) is 1.99. The fraction of sp³-hybridized carbons (Fsp3) is 0.913. The van der Waals surface area contributed by atoms with Gasteiger partial charge in [0.2, 0.25) is 0 Å². The number of carbonyl (C=O) groups is 2. The molecule has 0 N–H and O–H groups in total. The zero-order valence-corrected chi connectivity index (χ0v) is 17.3. The molecule has 1 spiro atoms. The first-order valence-corrected chi connectivity index (χ1v) is 11.1. The third-order valence-electron chi connectivity index (χ3n) is 10.1. The highest BCUT2D eigenvalue weighted by molar-refractivity contribution is 5.91. The minimum absolute atomic E-state index is 0.0229. The Morgan fingerprint density at radius 2 is 1.89 bits per heavy atom. The minimum atomic E-state index is -0.537. The first-order valence-electron chi connectivity index (χ1n) is 11.1. The minimum Gasteiger partial charge on any atom is -0.469 e. The van der Waals surface area contributed by atoms with Crippen LogP contribution in [0.15, 0.2) is 0 Å². The van der Waals surface area contributed by atoms with Gasteiger partial charge in [0.05, 0.1) is 19.1 Å². The van der Waals surface area contributed by atoms with Crippen LogP contribution in [0.1, 0.15) is 72.1 Å². The van der Waals surface area contributed by atoms with Crippen molar-refractivity contribution in [3.8, 4) is 0 Å². The molecule has 9 atom stereocenters. The van der Waals surface area contributed by atoms with Crippen molar-refractivity contribution >= 4 is 11.8 Å². The van der Waals surface area contributed by atoms with Crippen molar-refractivity contribution in [3.05, 3.63) is 0 Å². The van der Waals surface area contributed by atoms with Gasteiger partial charge < -0.3 is 9.47 Å². The van der Waals surface area contributed by atoms with Crippen molar-refractivity contribution in [2.24, 2.45) is 40.4 Å². The Hall–Kier alpha value is -0.900. The van der Waals surface area contributed by atoms with Crippen molar-refractivity contribution in [1.82, 2.24) is 0 Å². The molecule has 0 unspecified atom stereocenters. The molecule has 6 aliphatic rings. The molecule has 2 heterocycles. The Kier molecular flexibility index (Phi) is 3.75. The molecule has 2 saturated heterocycles. The van der Waals surface area contributed by atoms with Crippen LogP contribution >= 0.6 is 0 Å². The zero-order valence-electron chi connectivity index (χ0n) is 17.3. The fourth-order valence-corrected chi connectivity index (χ4v) is 8.83. The summed E-state index contributed by atoms with van der Waals surface area (Å²) in [5.41, 5.74) is -0.608. The second-order valence-electron chi connectivity index (χ2n) is 10.8. The molecule has 4 heteroatoms. The van der Waals surface area contributed by atoms with Crippen molar-refractivity contribution in [3.63, 3.8) is 0 Å². The van der Waals surface area contributed by atoms with Gasteiger partial charge in [-0.25, -0.2) is 0 Å². The fourth-order valence-electron chi connectivity index (χ4n) is 8.83. The maximum absolute atomic E-state index is 13.9. The lowest BCUT2D eigenvalue weighted by Crippen LogP contribution is -2.75. The summed E-state index contributed by atoms with van der Waals surface area (Å²) in [6, 6.07) is 0. The number of Topliss-reactive ketones (excluding diaryl/α,β-unsaturated/α-hetero) is 1. The highest BCUT2D eigenvalue weighted by Crippen LogP contribution is 2.72. The molecule has 6 rings (SSSR count). The number of fused-ring (bicyclic) bond motifs is 3. The topological polar surface area (TPSA) is 52.6 Å². The number of hydrogen-bond acceptors (Lipinski definition) is 4. The number of ketones is 1. The molecule has 27 heavy (non-hydrogen) atoms. The third-order valence-corrected chi connectivity index (χ3v) is 10.1. The van der Waals surface area contributed by atoms with Gasteiger partial charge in [0.1, 0.15) is 5.60 Å². The molecule has 6 fully saturated rings. The molecular formula is C23H34O4. The number of ether oxygens (including phenoxy) is 2. The Morgan fingerprint density at radius 3 is 2.63 bits per heavy atom. The van der Waals surface area contributed by atoms with E-state index in [1.54, 1.807) is 0 Å². The molecule has 0 amide bonds. The average molecular weight is 375 g/mol. The van der Waals surface area contributed by atoms with Gasteiger partial charge >= 0.3 is 5.97 Å². The molecule has 0 aromatic heterocycles. The van der Waals surface area contributed by atoms with E-state index in [1.807, 2.05) is 6.92 Å².